The van der Waals surface area contributed by atoms with Crippen LogP contribution in [0.1, 0.15) is 31.6 Å². The highest BCUT2D eigenvalue weighted by Gasteiger charge is 2.30. The summed E-state index contributed by atoms with van der Waals surface area (Å²) in [5.41, 5.74) is 0.729. The first-order chi connectivity index (χ1) is 9.19. The second kappa shape index (κ2) is 4.61. The van der Waals surface area contributed by atoms with E-state index in [-0.39, 0.29) is 17.9 Å². The van der Waals surface area contributed by atoms with E-state index in [0.717, 1.165) is 29.6 Å². The molecule has 0 radical (unpaired) electrons. The van der Waals surface area contributed by atoms with Crippen LogP contribution in [0.25, 0.3) is 11.0 Å². The van der Waals surface area contributed by atoms with Gasteiger partial charge < -0.3 is 14.5 Å². The third-order valence-corrected chi connectivity index (χ3v) is 3.48. The number of methoxy groups -OCH3 is 1. The Morgan fingerprint density at radius 2 is 2.26 bits per heavy atom. The lowest BCUT2D eigenvalue weighted by molar-refractivity contribution is -0.123. The van der Waals surface area contributed by atoms with E-state index in [1.165, 1.54) is 0 Å². The van der Waals surface area contributed by atoms with Gasteiger partial charge in [-0.2, -0.15) is 0 Å². The number of nitrogens with one attached hydrogen (secondary N) is 1. The summed E-state index contributed by atoms with van der Waals surface area (Å²) in [5.74, 6) is 1.80. The van der Waals surface area contributed by atoms with Crippen molar-refractivity contribution in [2.75, 3.05) is 7.11 Å². The van der Waals surface area contributed by atoms with E-state index >= 15 is 0 Å². The first kappa shape index (κ1) is 12.1. The molecule has 1 aliphatic carbocycles. The lowest BCUT2D eigenvalue weighted by Gasteiger charge is -2.10. The quantitative estimate of drug-likeness (QED) is 0.918. The molecule has 1 aromatic carbocycles. The van der Waals surface area contributed by atoms with Crippen LogP contribution in [0.2, 0.25) is 0 Å². The van der Waals surface area contributed by atoms with Crippen molar-refractivity contribution in [3.63, 3.8) is 0 Å². The average molecular weight is 259 g/mol. The van der Waals surface area contributed by atoms with Crippen LogP contribution in [-0.2, 0) is 4.79 Å². The number of rotatable bonds is 4. The number of carbonyl (C=O) groups is 1. The fourth-order valence-corrected chi connectivity index (χ4v) is 2.18. The maximum absolute atomic E-state index is 11.7. The average Bonchev–Trinajstić information content (AvgIpc) is 3.16. The number of amides is 1. The maximum Gasteiger partial charge on any atom is 0.223 e. The number of benzene rings is 1. The Kier molecular flexibility index (Phi) is 2.93. The van der Waals surface area contributed by atoms with Crippen LogP contribution in [0.3, 0.4) is 0 Å². The van der Waals surface area contributed by atoms with Gasteiger partial charge >= 0.3 is 0 Å². The number of hydrogen-bond donors (Lipinski definition) is 1. The van der Waals surface area contributed by atoms with Crippen molar-refractivity contribution < 1.29 is 13.9 Å². The molecule has 1 N–H and O–H groups in total. The number of ether oxygens (including phenoxy) is 1. The van der Waals surface area contributed by atoms with Gasteiger partial charge in [0.2, 0.25) is 5.91 Å². The van der Waals surface area contributed by atoms with Gasteiger partial charge in [-0.05, 0) is 31.9 Å². The molecule has 1 amide bonds. The minimum Gasteiger partial charge on any atom is -0.493 e. The number of para-hydroxylation sites is 1. The Bertz CT molecular complexity index is 613. The minimum atomic E-state index is -0.120. The second-order valence-corrected chi connectivity index (χ2v) is 5.03. The van der Waals surface area contributed by atoms with Gasteiger partial charge in [0.05, 0.1) is 13.2 Å². The molecule has 1 aliphatic rings. The molecule has 1 heterocycles. The molecule has 1 saturated carbocycles. The molecule has 2 aromatic rings. The van der Waals surface area contributed by atoms with Gasteiger partial charge in [-0.3, -0.25) is 4.79 Å². The molecule has 3 rings (SSSR count). The molecular weight excluding hydrogens is 242 g/mol. The predicted octanol–water partition coefficient (Wildman–Crippen LogP) is 3.03. The summed E-state index contributed by atoms with van der Waals surface area (Å²) in [4.78, 5) is 11.7. The van der Waals surface area contributed by atoms with E-state index in [1.54, 1.807) is 7.11 Å². The van der Waals surface area contributed by atoms with Crippen molar-refractivity contribution in [3.05, 3.63) is 30.0 Å². The molecule has 4 heteroatoms. The van der Waals surface area contributed by atoms with Crippen molar-refractivity contribution in [3.8, 4) is 5.75 Å². The molecule has 0 unspecified atom stereocenters. The standard InChI is InChI=1S/C15H17NO3/c1-9(16-15(17)10-6-7-10)13-8-11-4-3-5-12(18-2)14(11)19-13/h3-5,8-10H,6-7H2,1-2H3,(H,16,17)/t9-/m1/s1. The zero-order valence-corrected chi connectivity index (χ0v) is 11.1. The molecule has 4 nitrogen and oxygen atoms in total. The van der Waals surface area contributed by atoms with Crippen LogP contribution in [0.5, 0.6) is 5.75 Å². The predicted molar refractivity (Wildman–Crippen MR) is 72.0 cm³/mol. The zero-order valence-electron chi connectivity index (χ0n) is 11.1. The van der Waals surface area contributed by atoms with Gasteiger partial charge in [0.25, 0.3) is 0 Å². The van der Waals surface area contributed by atoms with Crippen molar-refractivity contribution in [1.29, 1.82) is 0 Å². The third-order valence-electron chi connectivity index (χ3n) is 3.48. The Morgan fingerprint density at radius 1 is 1.47 bits per heavy atom. The zero-order chi connectivity index (χ0) is 13.4. The summed E-state index contributed by atoms with van der Waals surface area (Å²) >= 11 is 0. The largest absolute Gasteiger partial charge is 0.493 e. The van der Waals surface area contributed by atoms with Gasteiger partial charge in [0, 0.05) is 11.3 Å². The smallest absolute Gasteiger partial charge is 0.223 e. The Morgan fingerprint density at radius 3 is 2.95 bits per heavy atom. The van der Waals surface area contributed by atoms with Crippen LogP contribution >= 0.6 is 0 Å². The number of furan rings is 1. The fourth-order valence-electron chi connectivity index (χ4n) is 2.18. The molecular formula is C15H17NO3. The highest BCUT2D eigenvalue weighted by Crippen LogP contribution is 2.32. The normalized spacial score (nSPS) is 16.3. The van der Waals surface area contributed by atoms with Crippen LogP contribution in [-0.4, -0.2) is 13.0 Å². The van der Waals surface area contributed by atoms with Gasteiger partial charge in [-0.1, -0.05) is 12.1 Å². The van der Waals surface area contributed by atoms with E-state index in [9.17, 15) is 4.79 Å². The number of carbonyl (C=O) groups excluding carboxylic acids is 1. The van der Waals surface area contributed by atoms with Crippen molar-refractivity contribution in [2.24, 2.45) is 5.92 Å². The Balaban J connectivity index is 1.85. The molecule has 0 aliphatic heterocycles. The van der Waals surface area contributed by atoms with E-state index < -0.39 is 0 Å². The minimum absolute atomic E-state index is 0.120. The molecule has 0 spiro atoms. The van der Waals surface area contributed by atoms with Crippen molar-refractivity contribution in [1.82, 2.24) is 5.32 Å². The topological polar surface area (TPSA) is 51.5 Å². The van der Waals surface area contributed by atoms with Crippen LogP contribution in [0.4, 0.5) is 0 Å². The maximum atomic E-state index is 11.7. The van der Waals surface area contributed by atoms with Crippen LogP contribution in [0, 0.1) is 5.92 Å². The lowest BCUT2D eigenvalue weighted by Crippen LogP contribution is -2.27. The monoisotopic (exact) mass is 259 g/mol. The first-order valence-electron chi connectivity index (χ1n) is 6.56. The summed E-state index contributed by atoms with van der Waals surface area (Å²) in [6.45, 7) is 1.93. The fraction of sp³-hybridized carbons (Fsp3) is 0.400. The second-order valence-electron chi connectivity index (χ2n) is 5.03. The van der Waals surface area contributed by atoms with Crippen molar-refractivity contribution >= 4 is 16.9 Å². The van der Waals surface area contributed by atoms with E-state index in [0.29, 0.717) is 5.75 Å². The summed E-state index contributed by atoms with van der Waals surface area (Å²) < 4.78 is 11.1. The Labute approximate surface area is 111 Å². The first-order valence-corrected chi connectivity index (χ1v) is 6.56. The number of fused-ring (bicyclic) bond motifs is 1. The summed E-state index contributed by atoms with van der Waals surface area (Å²) in [6.07, 6.45) is 2.01. The molecule has 1 atom stereocenters. The van der Waals surface area contributed by atoms with Crippen molar-refractivity contribution in [2.45, 2.75) is 25.8 Å². The van der Waals surface area contributed by atoms with Gasteiger partial charge in [-0.15, -0.1) is 0 Å². The van der Waals surface area contributed by atoms with E-state index in [4.69, 9.17) is 9.15 Å². The van der Waals surface area contributed by atoms with E-state index in [2.05, 4.69) is 5.32 Å². The molecule has 1 aromatic heterocycles. The van der Waals surface area contributed by atoms with Crippen LogP contribution < -0.4 is 10.1 Å². The van der Waals surface area contributed by atoms with Crippen LogP contribution in [0.15, 0.2) is 28.7 Å². The van der Waals surface area contributed by atoms with Gasteiger partial charge in [0.15, 0.2) is 11.3 Å². The van der Waals surface area contributed by atoms with Gasteiger partial charge in [-0.25, -0.2) is 0 Å². The number of hydrogen-bond acceptors (Lipinski definition) is 3. The summed E-state index contributed by atoms with van der Waals surface area (Å²) in [6, 6.07) is 7.60. The third kappa shape index (κ3) is 2.30. The summed E-state index contributed by atoms with van der Waals surface area (Å²) in [5, 5.41) is 3.97. The molecule has 100 valence electrons. The van der Waals surface area contributed by atoms with E-state index in [1.807, 2.05) is 31.2 Å². The summed E-state index contributed by atoms with van der Waals surface area (Å²) in [7, 11) is 1.62. The molecule has 19 heavy (non-hydrogen) atoms. The highest BCUT2D eigenvalue weighted by molar-refractivity contribution is 5.84. The molecule has 0 saturated heterocycles. The molecule has 1 fully saturated rings. The SMILES string of the molecule is COc1cccc2cc([C@@H](C)NC(=O)C3CC3)oc12. The Hall–Kier alpha value is -1.97. The van der Waals surface area contributed by atoms with Gasteiger partial charge in [0.1, 0.15) is 5.76 Å². The lowest BCUT2D eigenvalue weighted by atomic mass is 10.2. The highest BCUT2D eigenvalue weighted by atomic mass is 16.5. The molecule has 0 bridgehead atoms.